The van der Waals surface area contributed by atoms with Crippen LogP contribution >= 0.6 is 15.9 Å². The molecule has 21 heavy (non-hydrogen) atoms. The minimum absolute atomic E-state index is 0.0724. The van der Waals surface area contributed by atoms with Gasteiger partial charge in [0.1, 0.15) is 0 Å². The van der Waals surface area contributed by atoms with Crippen molar-refractivity contribution in [2.24, 2.45) is 5.92 Å². The second-order valence-corrected chi connectivity index (χ2v) is 6.15. The quantitative estimate of drug-likeness (QED) is 0.664. The van der Waals surface area contributed by atoms with E-state index in [1.54, 1.807) is 18.0 Å². The molecule has 0 saturated carbocycles. The molecule has 2 rings (SSSR count). The van der Waals surface area contributed by atoms with Gasteiger partial charge in [0.25, 0.3) is 11.6 Å². The largest absolute Gasteiger partial charge is 0.341 e. The van der Waals surface area contributed by atoms with E-state index < -0.39 is 4.92 Å². The minimum atomic E-state index is -0.490. The summed E-state index contributed by atoms with van der Waals surface area (Å²) in [5, 5.41) is 14.1. The van der Waals surface area contributed by atoms with E-state index in [0.717, 1.165) is 25.9 Å². The molecule has 0 atom stereocenters. The van der Waals surface area contributed by atoms with Crippen molar-refractivity contribution in [3.8, 4) is 0 Å². The molecule has 0 aromatic heterocycles. The molecule has 114 valence electrons. The third-order valence-corrected chi connectivity index (χ3v) is 4.42. The van der Waals surface area contributed by atoms with E-state index in [0.29, 0.717) is 22.5 Å². The van der Waals surface area contributed by atoms with Gasteiger partial charge >= 0.3 is 0 Å². The highest BCUT2D eigenvalue weighted by Gasteiger charge is 2.22. The maximum absolute atomic E-state index is 12.5. The Balaban J connectivity index is 2.10. The van der Waals surface area contributed by atoms with Crippen LogP contribution in [0.25, 0.3) is 0 Å². The van der Waals surface area contributed by atoms with Gasteiger partial charge in [-0.05, 0) is 53.8 Å². The molecule has 7 heteroatoms. The topological polar surface area (TPSA) is 75.5 Å². The molecule has 1 aromatic rings. The molecule has 1 amide bonds. The lowest BCUT2D eigenvalue weighted by molar-refractivity contribution is -0.384. The normalized spacial score (nSPS) is 15.7. The summed E-state index contributed by atoms with van der Waals surface area (Å²) in [7, 11) is 1.75. The number of carbonyl (C=O) groups is 1. The van der Waals surface area contributed by atoms with Crippen LogP contribution in [0.5, 0.6) is 0 Å². The van der Waals surface area contributed by atoms with Gasteiger partial charge in [-0.2, -0.15) is 0 Å². The smallest absolute Gasteiger partial charge is 0.270 e. The van der Waals surface area contributed by atoms with Crippen LogP contribution in [0.2, 0.25) is 0 Å². The number of halogens is 1. The van der Waals surface area contributed by atoms with Crippen molar-refractivity contribution < 1.29 is 9.72 Å². The van der Waals surface area contributed by atoms with Crippen LogP contribution in [0.4, 0.5) is 5.69 Å². The van der Waals surface area contributed by atoms with E-state index in [1.165, 1.54) is 12.1 Å². The van der Waals surface area contributed by atoms with Gasteiger partial charge in [-0.3, -0.25) is 14.9 Å². The Morgan fingerprint density at radius 1 is 1.48 bits per heavy atom. The highest BCUT2D eigenvalue weighted by atomic mass is 79.9. The Morgan fingerprint density at radius 3 is 2.76 bits per heavy atom. The predicted octanol–water partition coefficient (Wildman–Crippen LogP) is 2.43. The van der Waals surface area contributed by atoms with Crippen LogP contribution < -0.4 is 5.32 Å². The summed E-state index contributed by atoms with van der Waals surface area (Å²) < 4.78 is 0.579. The fourth-order valence-electron chi connectivity index (χ4n) is 2.53. The fraction of sp³-hybridized carbons (Fsp3) is 0.500. The highest BCUT2D eigenvalue weighted by Crippen LogP contribution is 2.24. The fourth-order valence-corrected chi connectivity index (χ4v) is 2.95. The molecule has 1 fully saturated rings. The molecule has 1 saturated heterocycles. The van der Waals surface area contributed by atoms with Crippen LogP contribution in [0, 0.1) is 16.0 Å². The number of nitrogens with zero attached hydrogens (tertiary/aromatic N) is 2. The van der Waals surface area contributed by atoms with Crippen molar-refractivity contribution >= 4 is 27.5 Å². The lowest BCUT2D eigenvalue weighted by atomic mass is 9.97. The van der Waals surface area contributed by atoms with E-state index >= 15 is 0 Å². The zero-order chi connectivity index (χ0) is 15.4. The summed E-state index contributed by atoms with van der Waals surface area (Å²) >= 11 is 3.29. The van der Waals surface area contributed by atoms with E-state index in [9.17, 15) is 14.9 Å². The number of hydrogen-bond acceptors (Lipinski definition) is 4. The SMILES string of the molecule is CN(CC1CCNCC1)C(=O)c1cc([N+](=O)[O-])ccc1Br. The van der Waals surface area contributed by atoms with Crippen molar-refractivity contribution in [3.05, 3.63) is 38.3 Å². The minimum Gasteiger partial charge on any atom is -0.341 e. The molecular formula is C14H18BrN3O3. The molecule has 1 heterocycles. The average Bonchev–Trinajstić information content (AvgIpc) is 2.47. The van der Waals surface area contributed by atoms with Crippen molar-refractivity contribution in [1.29, 1.82) is 0 Å². The van der Waals surface area contributed by atoms with Gasteiger partial charge in [-0.25, -0.2) is 0 Å². The average molecular weight is 356 g/mol. The number of hydrogen-bond donors (Lipinski definition) is 1. The van der Waals surface area contributed by atoms with Crippen LogP contribution in [-0.4, -0.2) is 42.4 Å². The molecule has 1 aliphatic rings. The van der Waals surface area contributed by atoms with Crippen LogP contribution in [0.1, 0.15) is 23.2 Å². The molecule has 1 N–H and O–H groups in total. The molecule has 1 aliphatic heterocycles. The Morgan fingerprint density at radius 2 is 2.14 bits per heavy atom. The zero-order valence-electron chi connectivity index (χ0n) is 11.8. The molecule has 0 spiro atoms. The second-order valence-electron chi connectivity index (χ2n) is 5.30. The van der Waals surface area contributed by atoms with Gasteiger partial charge in [0.15, 0.2) is 0 Å². The number of piperidine rings is 1. The first kappa shape index (κ1) is 15.9. The van der Waals surface area contributed by atoms with Gasteiger partial charge < -0.3 is 10.2 Å². The van der Waals surface area contributed by atoms with Crippen molar-refractivity contribution in [3.63, 3.8) is 0 Å². The maximum Gasteiger partial charge on any atom is 0.270 e. The Hall–Kier alpha value is -1.47. The first-order chi connectivity index (χ1) is 9.99. The summed E-state index contributed by atoms with van der Waals surface area (Å²) in [4.78, 5) is 24.5. The monoisotopic (exact) mass is 355 g/mol. The summed E-state index contributed by atoms with van der Waals surface area (Å²) in [5.41, 5.74) is 0.262. The summed E-state index contributed by atoms with van der Waals surface area (Å²) in [6.45, 7) is 2.63. The summed E-state index contributed by atoms with van der Waals surface area (Å²) in [6, 6.07) is 4.25. The van der Waals surface area contributed by atoms with Crippen molar-refractivity contribution in [1.82, 2.24) is 10.2 Å². The van der Waals surface area contributed by atoms with Gasteiger partial charge in [0, 0.05) is 30.2 Å². The molecule has 6 nitrogen and oxygen atoms in total. The zero-order valence-corrected chi connectivity index (χ0v) is 13.4. The van der Waals surface area contributed by atoms with Crippen molar-refractivity contribution in [2.75, 3.05) is 26.7 Å². The Kier molecular flexibility index (Phi) is 5.30. The molecule has 1 aromatic carbocycles. The summed E-state index contributed by atoms with van der Waals surface area (Å²) in [6.07, 6.45) is 2.10. The Labute approximate surface area is 131 Å². The third kappa shape index (κ3) is 4.01. The number of nitro benzene ring substituents is 1. The van der Waals surface area contributed by atoms with Gasteiger partial charge in [-0.1, -0.05) is 0 Å². The highest BCUT2D eigenvalue weighted by molar-refractivity contribution is 9.10. The van der Waals surface area contributed by atoms with E-state index in [2.05, 4.69) is 21.2 Å². The number of benzene rings is 1. The van der Waals surface area contributed by atoms with Crippen LogP contribution in [0.15, 0.2) is 22.7 Å². The molecule has 0 aliphatic carbocycles. The van der Waals surface area contributed by atoms with E-state index in [-0.39, 0.29) is 11.6 Å². The molecule has 0 unspecified atom stereocenters. The molecular weight excluding hydrogens is 338 g/mol. The van der Waals surface area contributed by atoms with Gasteiger partial charge in [0.05, 0.1) is 10.5 Å². The number of carbonyl (C=O) groups excluding carboxylic acids is 1. The lowest BCUT2D eigenvalue weighted by Crippen LogP contribution is -2.37. The first-order valence-electron chi connectivity index (χ1n) is 6.89. The third-order valence-electron chi connectivity index (χ3n) is 3.73. The van der Waals surface area contributed by atoms with Gasteiger partial charge in [0.2, 0.25) is 0 Å². The van der Waals surface area contributed by atoms with Crippen LogP contribution in [0.3, 0.4) is 0 Å². The van der Waals surface area contributed by atoms with E-state index in [1.807, 2.05) is 0 Å². The summed E-state index contributed by atoms with van der Waals surface area (Å²) in [5.74, 6) is 0.293. The lowest BCUT2D eigenvalue weighted by Gasteiger charge is -2.27. The predicted molar refractivity (Wildman–Crippen MR) is 83.4 cm³/mol. The standard InChI is InChI=1S/C14H18BrN3O3/c1-17(9-10-4-6-16-7-5-10)14(19)12-8-11(18(20)21)2-3-13(12)15/h2-3,8,10,16H,4-7,9H2,1H3. The maximum atomic E-state index is 12.5. The number of nitrogens with one attached hydrogen (secondary N) is 1. The first-order valence-corrected chi connectivity index (χ1v) is 7.68. The van der Waals surface area contributed by atoms with E-state index in [4.69, 9.17) is 0 Å². The van der Waals surface area contributed by atoms with Crippen molar-refractivity contribution in [2.45, 2.75) is 12.8 Å². The van der Waals surface area contributed by atoms with Crippen LogP contribution in [-0.2, 0) is 0 Å². The number of amides is 1. The number of non-ortho nitro benzene ring substituents is 1. The molecule has 0 bridgehead atoms. The second kappa shape index (κ2) is 7.00. The number of nitro groups is 1. The Bertz CT molecular complexity index is 544. The number of rotatable bonds is 4. The molecule has 0 radical (unpaired) electrons. The van der Waals surface area contributed by atoms with Gasteiger partial charge in [-0.15, -0.1) is 0 Å².